The quantitative estimate of drug-likeness (QED) is 0.412. The van der Waals surface area contributed by atoms with Gasteiger partial charge in [0.15, 0.2) is 12.4 Å². The lowest BCUT2D eigenvalue weighted by Gasteiger charge is -2.40. The first-order chi connectivity index (χ1) is 20.9. The third kappa shape index (κ3) is 6.27. The number of hydrogen-bond acceptors (Lipinski definition) is 9. The van der Waals surface area contributed by atoms with Gasteiger partial charge in [-0.3, -0.25) is 14.6 Å². The smallest absolute Gasteiger partial charge is 0.265 e. The van der Waals surface area contributed by atoms with E-state index in [1.54, 1.807) is 4.90 Å². The number of fused-ring (bicyclic) bond motifs is 1. The Morgan fingerprint density at radius 1 is 1.09 bits per heavy atom. The molecule has 2 aromatic carbocycles. The van der Waals surface area contributed by atoms with Crippen molar-refractivity contribution < 1.29 is 27.8 Å². The third-order valence-corrected chi connectivity index (χ3v) is 8.33. The number of amides is 1. The molecule has 0 bridgehead atoms. The van der Waals surface area contributed by atoms with Crippen LogP contribution in [0.25, 0.3) is 11.3 Å². The largest absolute Gasteiger partial charge is 0.496 e. The number of aromatic nitrogens is 2. The fraction of sp³-hybridized carbons (Fsp3) is 0.452. The summed E-state index contributed by atoms with van der Waals surface area (Å²) >= 11 is 0. The minimum Gasteiger partial charge on any atom is -0.496 e. The van der Waals surface area contributed by atoms with Gasteiger partial charge in [0.05, 0.1) is 32.2 Å². The van der Waals surface area contributed by atoms with Gasteiger partial charge in [-0.2, -0.15) is 0 Å². The van der Waals surface area contributed by atoms with Crippen LogP contribution in [0, 0.1) is 11.6 Å². The number of benzene rings is 2. The van der Waals surface area contributed by atoms with Gasteiger partial charge in [0.25, 0.3) is 5.91 Å². The molecule has 1 aromatic heterocycles. The van der Waals surface area contributed by atoms with E-state index in [2.05, 4.69) is 25.1 Å². The predicted octanol–water partition coefficient (Wildman–Crippen LogP) is 4.22. The maximum absolute atomic E-state index is 14.9. The highest BCUT2D eigenvalue weighted by molar-refractivity contribution is 5.99. The molecule has 4 heterocycles. The second-order valence-electron chi connectivity index (χ2n) is 10.9. The summed E-state index contributed by atoms with van der Waals surface area (Å²) < 4.78 is 45.4. The summed E-state index contributed by atoms with van der Waals surface area (Å²) in [6, 6.07) is 8.19. The maximum Gasteiger partial charge on any atom is 0.265 e. The summed E-state index contributed by atoms with van der Waals surface area (Å²) in [5.41, 5.74) is 2.53. The summed E-state index contributed by atoms with van der Waals surface area (Å²) in [6.07, 6.45) is 3.23. The van der Waals surface area contributed by atoms with E-state index in [4.69, 9.17) is 14.2 Å². The van der Waals surface area contributed by atoms with E-state index in [0.717, 1.165) is 64.0 Å². The Hall–Kier alpha value is -3.87. The molecule has 10 nitrogen and oxygen atoms in total. The molecule has 0 atom stereocenters. The highest BCUT2D eigenvalue weighted by Crippen LogP contribution is 2.40. The lowest BCUT2D eigenvalue weighted by Crippen LogP contribution is -2.48. The van der Waals surface area contributed by atoms with Crippen LogP contribution in [0.5, 0.6) is 11.5 Å². The number of nitrogens with zero attached hydrogens (tertiary/aromatic N) is 5. The van der Waals surface area contributed by atoms with Crippen molar-refractivity contribution in [1.29, 1.82) is 0 Å². The SMILES string of the molecule is CCN1C(=O)COc2c(CN3CCC(N4CCOCC4)CC3)cc(Nc3ncc(F)c(-c4ccc(F)cc4OC)n3)cc21. The van der Waals surface area contributed by atoms with E-state index >= 15 is 0 Å². The van der Waals surface area contributed by atoms with Crippen LogP contribution in [0.4, 0.5) is 26.1 Å². The summed E-state index contributed by atoms with van der Waals surface area (Å²) in [5.74, 6) is -0.291. The Morgan fingerprint density at radius 3 is 2.63 bits per heavy atom. The molecule has 3 aromatic rings. The second kappa shape index (κ2) is 12.8. The van der Waals surface area contributed by atoms with Gasteiger partial charge < -0.3 is 24.4 Å². The van der Waals surface area contributed by atoms with Crippen LogP contribution in [-0.4, -0.2) is 91.4 Å². The van der Waals surface area contributed by atoms with Gasteiger partial charge in [-0.05, 0) is 57.1 Å². The van der Waals surface area contributed by atoms with Gasteiger partial charge >= 0.3 is 0 Å². The van der Waals surface area contributed by atoms with Crippen LogP contribution in [0.3, 0.4) is 0 Å². The van der Waals surface area contributed by atoms with Crippen molar-refractivity contribution in [3.05, 3.63) is 53.7 Å². The van der Waals surface area contributed by atoms with Gasteiger partial charge in [-0.1, -0.05) is 0 Å². The zero-order valence-corrected chi connectivity index (χ0v) is 24.4. The maximum atomic E-state index is 14.9. The molecule has 1 N–H and O–H groups in total. The molecule has 3 aliphatic heterocycles. The third-order valence-electron chi connectivity index (χ3n) is 8.33. The van der Waals surface area contributed by atoms with Crippen molar-refractivity contribution >= 4 is 23.2 Å². The van der Waals surface area contributed by atoms with Crippen LogP contribution >= 0.6 is 0 Å². The van der Waals surface area contributed by atoms with Crippen molar-refractivity contribution in [1.82, 2.24) is 19.8 Å². The number of likely N-dealkylation sites (tertiary alicyclic amines) is 1. The Kier molecular flexibility index (Phi) is 8.68. The van der Waals surface area contributed by atoms with Gasteiger partial charge in [-0.25, -0.2) is 18.7 Å². The number of ether oxygens (including phenoxy) is 3. The van der Waals surface area contributed by atoms with Crippen LogP contribution < -0.4 is 19.7 Å². The molecule has 228 valence electrons. The number of rotatable bonds is 8. The zero-order valence-electron chi connectivity index (χ0n) is 24.4. The van der Waals surface area contributed by atoms with Gasteiger partial charge in [-0.15, -0.1) is 0 Å². The van der Waals surface area contributed by atoms with Crippen molar-refractivity contribution in [3.63, 3.8) is 0 Å². The predicted molar refractivity (Wildman–Crippen MR) is 158 cm³/mol. The average Bonchev–Trinajstić information content (AvgIpc) is 3.03. The fourth-order valence-electron chi connectivity index (χ4n) is 6.15. The normalized spacial score (nSPS) is 18.3. The number of carbonyl (C=O) groups excluding carboxylic acids is 1. The number of piperidine rings is 1. The molecule has 1 amide bonds. The molecule has 2 saturated heterocycles. The van der Waals surface area contributed by atoms with Gasteiger partial charge in [0.2, 0.25) is 5.95 Å². The van der Waals surface area contributed by atoms with E-state index in [9.17, 15) is 13.6 Å². The molecule has 0 aliphatic carbocycles. The highest BCUT2D eigenvalue weighted by Gasteiger charge is 2.30. The van der Waals surface area contributed by atoms with Crippen molar-refractivity contribution in [2.24, 2.45) is 0 Å². The van der Waals surface area contributed by atoms with Gasteiger partial charge in [0, 0.05) is 55.1 Å². The summed E-state index contributed by atoms with van der Waals surface area (Å²) in [6.45, 7) is 8.54. The lowest BCUT2D eigenvalue weighted by atomic mass is 10.0. The first-order valence-corrected chi connectivity index (χ1v) is 14.7. The van der Waals surface area contributed by atoms with E-state index in [1.807, 2.05) is 19.1 Å². The van der Waals surface area contributed by atoms with E-state index in [1.165, 1.54) is 25.3 Å². The summed E-state index contributed by atoms with van der Waals surface area (Å²) in [7, 11) is 1.39. The summed E-state index contributed by atoms with van der Waals surface area (Å²) in [5, 5.41) is 3.19. The minimum absolute atomic E-state index is 0.0103. The molecule has 12 heteroatoms. The molecule has 0 saturated carbocycles. The van der Waals surface area contributed by atoms with Crippen molar-refractivity contribution in [2.45, 2.75) is 32.4 Å². The molecule has 0 radical (unpaired) electrons. The Morgan fingerprint density at radius 2 is 1.88 bits per heavy atom. The molecule has 6 rings (SSSR count). The van der Waals surface area contributed by atoms with Crippen LogP contribution in [0.2, 0.25) is 0 Å². The summed E-state index contributed by atoms with van der Waals surface area (Å²) in [4.78, 5) is 27.9. The van der Waals surface area contributed by atoms with Crippen molar-refractivity contribution in [2.75, 3.05) is 69.9 Å². The van der Waals surface area contributed by atoms with Crippen LogP contribution in [0.1, 0.15) is 25.3 Å². The first kappa shape index (κ1) is 29.2. The molecule has 0 spiro atoms. The molecular formula is C31H36F2N6O4. The number of methoxy groups -OCH3 is 1. The van der Waals surface area contributed by atoms with Crippen LogP contribution in [0.15, 0.2) is 36.5 Å². The number of carbonyl (C=O) groups is 1. The molecule has 43 heavy (non-hydrogen) atoms. The number of nitrogens with one attached hydrogen (secondary N) is 1. The second-order valence-corrected chi connectivity index (χ2v) is 10.9. The van der Waals surface area contributed by atoms with E-state index in [0.29, 0.717) is 41.8 Å². The van der Waals surface area contributed by atoms with Crippen molar-refractivity contribution in [3.8, 4) is 22.8 Å². The monoisotopic (exact) mass is 594 g/mol. The Bertz CT molecular complexity index is 1480. The van der Waals surface area contributed by atoms with E-state index < -0.39 is 11.6 Å². The highest BCUT2D eigenvalue weighted by atomic mass is 19.1. The van der Waals surface area contributed by atoms with Crippen LogP contribution in [-0.2, 0) is 16.1 Å². The number of halogens is 2. The average molecular weight is 595 g/mol. The van der Waals surface area contributed by atoms with E-state index in [-0.39, 0.29) is 29.9 Å². The topological polar surface area (TPSA) is 92.3 Å². The fourth-order valence-corrected chi connectivity index (χ4v) is 6.15. The first-order valence-electron chi connectivity index (χ1n) is 14.7. The zero-order chi connectivity index (χ0) is 29.9. The Labute approximate surface area is 249 Å². The minimum atomic E-state index is -0.668. The molecule has 0 unspecified atom stereocenters. The lowest BCUT2D eigenvalue weighted by molar-refractivity contribution is -0.121. The number of anilines is 3. The number of hydrogen-bond donors (Lipinski definition) is 1. The molecule has 2 fully saturated rings. The molecular weight excluding hydrogens is 558 g/mol. The number of likely N-dealkylation sites (N-methyl/N-ethyl adjacent to an activating group) is 1. The van der Waals surface area contributed by atoms with Gasteiger partial charge in [0.1, 0.15) is 23.0 Å². The number of morpholine rings is 1. The molecule has 3 aliphatic rings. The standard InChI is InChI=1S/C31H36F2N6O4/c1-3-39-26-16-22(35-31-34-17-25(33)29(36-31)24-5-4-21(32)15-27(24)41-2)14-20(30(26)43-19-28(39)40)18-37-8-6-23(7-9-37)38-10-12-42-13-11-38/h4-5,14-17,23H,3,6-13,18-19H2,1-2H3,(H,34,35,36). The Balaban J connectivity index is 1.27.